The number of sulfonamides is 1. The standard InChI is InChI=1S/C13H16N2O2S/c1-2-18(16,17)15-8-7-13-11(9-15)10-5-3-4-6-12(10)14-13/h3-6,14H,2,7-9H2,1H3. The third-order valence-corrected chi connectivity index (χ3v) is 5.43. The van der Waals surface area contributed by atoms with Gasteiger partial charge in [0.1, 0.15) is 0 Å². The molecule has 0 spiro atoms. The molecule has 5 heteroatoms. The lowest BCUT2D eigenvalue weighted by Crippen LogP contribution is -2.36. The Kier molecular flexibility index (Phi) is 2.68. The maximum Gasteiger partial charge on any atom is 0.214 e. The first kappa shape index (κ1) is 11.7. The lowest BCUT2D eigenvalue weighted by molar-refractivity contribution is 0.392. The molecule has 0 fully saturated rings. The third-order valence-electron chi connectivity index (χ3n) is 3.61. The summed E-state index contributed by atoms with van der Waals surface area (Å²) in [6.07, 6.45) is 0.767. The molecular weight excluding hydrogens is 248 g/mol. The number of fused-ring (bicyclic) bond motifs is 3. The molecule has 0 atom stereocenters. The zero-order valence-electron chi connectivity index (χ0n) is 10.3. The number of aromatic amines is 1. The van der Waals surface area contributed by atoms with Crippen LogP contribution in [-0.2, 0) is 23.0 Å². The van der Waals surface area contributed by atoms with Crippen LogP contribution in [-0.4, -0.2) is 30.0 Å². The Morgan fingerprint density at radius 3 is 2.89 bits per heavy atom. The maximum absolute atomic E-state index is 11.9. The average Bonchev–Trinajstić information content (AvgIpc) is 2.76. The number of benzene rings is 1. The molecule has 0 aliphatic carbocycles. The van der Waals surface area contributed by atoms with Crippen LogP contribution in [0.15, 0.2) is 24.3 Å². The van der Waals surface area contributed by atoms with E-state index in [1.807, 2.05) is 24.3 Å². The van der Waals surface area contributed by atoms with E-state index < -0.39 is 10.0 Å². The number of para-hydroxylation sites is 1. The van der Waals surface area contributed by atoms with Crippen LogP contribution in [0.1, 0.15) is 18.2 Å². The first-order chi connectivity index (χ1) is 8.62. The van der Waals surface area contributed by atoms with Gasteiger partial charge in [0.15, 0.2) is 0 Å². The number of hydrogen-bond acceptors (Lipinski definition) is 2. The number of aromatic nitrogens is 1. The van der Waals surface area contributed by atoms with Gasteiger partial charge in [-0.15, -0.1) is 0 Å². The van der Waals surface area contributed by atoms with E-state index in [4.69, 9.17) is 0 Å². The van der Waals surface area contributed by atoms with Gasteiger partial charge in [-0.1, -0.05) is 18.2 Å². The monoisotopic (exact) mass is 264 g/mol. The molecule has 1 aromatic carbocycles. The van der Waals surface area contributed by atoms with Gasteiger partial charge in [-0.05, 0) is 18.6 Å². The number of nitrogens with one attached hydrogen (secondary N) is 1. The van der Waals surface area contributed by atoms with Crippen LogP contribution in [0.25, 0.3) is 10.9 Å². The molecule has 2 aromatic rings. The lowest BCUT2D eigenvalue weighted by Gasteiger charge is -2.25. The first-order valence-corrected chi connectivity index (χ1v) is 7.79. The molecule has 1 aliphatic rings. The summed E-state index contributed by atoms with van der Waals surface area (Å²) in [6, 6.07) is 8.06. The minimum absolute atomic E-state index is 0.171. The van der Waals surface area contributed by atoms with Crippen molar-refractivity contribution >= 4 is 20.9 Å². The summed E-state index contributed by atoms with van der Waals surface area (Å²) in [6.45, 7) is 2.77. The molecule has 3 rings (SSSR count). The highest BCUT2D eigenvalue weighted by Crippen LogP contribution is 2.28. The molecule has 96 valence electrons. The van der Waals surface area contributed by atoms with Crippen LogP contribution in [0.3, 0.4) is 0 Å². The molecule has 0 amide bonds. The highest BCUT2D eigenvalue weighted by atomic mass is 32.2. The summed E-state index contributed by atoms with van der Waals surface area (Å²) in [5.41, 5.74) is 3.41. The quantitative estimate of drug-likeness (QED) is 0.900. The molecule has 18 heavy (non-hydrogen) atoms. The fourth-order valence-corrected chi connectivity index (χ4v) is 3.62. The van der Waals surface area contributed by atoms with E-state index in [1.165, 1.54) is 5.69 Å². The Morgan fingerprint density at radius 2 is 2.11 bits per heavy atom. The molecule has 0 radical (unpaired) electrons. The average molecular weight is 264 g/mol. The van der Waals surface area contributed by atoms with Crippen molar-refractivity contribution in [2.75, 3.05) is 12.3 Å². The highest BCUT2D eigenvalue weighted by molar-refractivity contribution is 7.89. The Hall–Kier alpha value is -1.33. The molecule has 0 saturated carbocycles. The Balaban J connectivity index is 2.07. The topological polar surface area (TPSA) is 53.2 Å². The molecule has 1 aliphatic heterocycles. The fraction of sp³-hybridized carbons (Fsp3) is 0.385. The van der Waals surface area contributed by atoms with E-state index in [-0.39, 0.29) is 5.75 Å². The van der Waals surface area contributed by atoms with E-state index in [9.17, 15) is 8.42 Å². The van der Waals surface area contributed by atoms with E-state index in [2.05, 4.69) is 4.98 Å². The van der Waals surface area contributed by atoms with Gasteiger partial charge < -0.3 is 4.98 Å². The van der Waals surface area contributed by atoms with Gasteiger partial charge in [0.05, 0.1) is 5.75 Å². The van der Waals surface area contributed by atoms with Crippen molar-refractivity contribution in [1.29, 1.82) is 0 Å². The summed E-state index contributed by atoms with van der Waals surface area (Å²) >= 11 is 0. The number of hydrogen-bond donors (Lipinski definition) is 1. The van der Waals surface area contributed by atoms with Gasteiger partial charge in [0.2, 0.25) is 10.0 Å². The van der Waals surface area contributed by atoms with Gasteiger partial charge in [-0.25, -0.2) is 8.42 Å². The van der Waals surface area contributed by atoms with Crippen molar-refractivity contribution in [1.82, 2.24) is 9.29 Å². The molecular formula is C13H16N2O2S. The van der Waals surface area contributed by atoms with Crippen LogP contribution in [0.4, 0.5) is 0 Å². The SMILES string of the molecule is CCS(=O)(=O)N1CCc2[nH]c3ccccc3c2C1. The Labute approximate surface area is 107 Å². The second kappa shape index (κ2) is 4.10. The number of nitrogens with zero attached hydrogens (tertiary/aromatic N) is 1. The molecule has 0 bridgehead atoms. The van der Waals surface area contributed by atoms with E-state index >= 15 is 0 Å². The van der Waals surface area contributed by atoms with Crippen molar-refractivity contribution in [3.05, 3.63) is 35.5 Å². The van der Waals surface area contributed by atoms with Crippen molar-refractivity contribution in [2.45, 2.75) is 19.9 Å². The van der Waals surface area contributed by atoms with Crippen molar-refractivity contribution in [3.8, 4) is 0 Å². The highest BCUT2D eigenvalue weighted by Gasteiger charge is 2.27. The minimum Gasteiger partial charge on any atom is -0.358 e. The normalized spacial score (nSPS) is 16.9. The molecule has 1 aromatic heterocycles. The number of rotatable bonds is 2. The number of H-pyrrole nitrogens is 1. The van der Waals surface area contributed by atoms with Crippen LogP contribution < -0.4 is 0 Å². The summed E-state index contributed by atoms with van der Waals surface area (Å²) in [4.78, 5) is 3.38. The first-order valence-electron chi connectivity index (χ1n) is 6.18. The smallest absolute Gasteiger partial charge is 0.214 e. The zero-order chi connectivity index (χ0) is 12.8. The fourth-order valence-electron chi connectivity index (χ4n) is 2.56. The summed E-state index contributed by atoms with van der Waals surface area (Å²) < 4.78 is 25.5. The lowest BCUT2D eigenvalue weighted by atomic mass is 10.1. The molecule has 0 saturated heterocycles. The van der Waals surface area contributed by atoms with Gasteiger partial charge in [-0.3, -0.25) is 0 Å². The molecule has 4 nitrogen and oxygen atoms in total. The maximum atomic E-state index is 11.9. The zero-order valence-corrected chi connectivity index (χ0v) is 11.1. The Bertz CT molecular complexity index is 688. The second-order valence-electron chi connectivity index (χ2n) is 4.61. The molecule has 0 unspecified atom stereocenters. The van der Waals surface area contributed by atoms with Gasteiger partial charge in [-0.2, -0.15) is 4.31 Å². The Morgan fingerprint density at radius 1 is 1.33 bits per heavy atom. The summed E-state index contributed by atoms with van der Waals surface area (Å²) in [7, 11) is -3.09. The van der Waals surface area contributed by atoms with Crippen molar-refractivity contribution < 1.29 is 8.42 Å². The van der Waals surface area contributed by atoms with Crippen LogP contribution in [0.5, 0.6) is 0 Å². The summed E-state index contributed by atoms with van der Waals surface area (Å²) in [5.74, 6) is 0.171. The van der Waals surface area contributed by atoms with Crippen molar-refractivity contribution in [2.24, 2.45) is 0 Å². The minimum atomic E-state index is -3.09. The van der Waals surface area contributed by atoms with Gasteiger partial charge in [0, 0.05) is 36.1 Å². The molecule has 1 N–H and O–H groups in total. The van der Waals surface area contributed by atoms with Crippen LogP contribution in [0.2, 0.25) is 0 Å². The van der Waals surface area contributed by atoms with E-state index in [0.717, 1.165) is 22.9 Å². The van der Waals surface area contributed by atoms with Crippen LogP contribution in [0, 0.1) is 0 Å². The second-order valence-corrected chi connectivity index (χ2v) is 6.87. The van der Waals surface area contributed by atoms with E-state index in [0.29, 0.717) is 13.1 Å². The van der Waals surface area contributed by atoms with Crippen LogP contribution >= 0.6 is 0 Å². The van der Waals surface area contributed by atoms with E-state index in [1.54, 1.807) is 11.2 Å². The van der Waals surface area contributed by atoms with Gasteiger partial charge in [0.25, 0.3) is 0 Å². The van der Waals surface area contributed by atoms with Crippen molar-refractivity contribution in [3.63, 3.8) is 0 Å². The predicted octanol–water partition coefficient (Wildman–Crippen LogP) is 1.88. The summed E-state index contributed by atoms with van der Waals surface area (Å²) in [5, 5.41) is 1.14. The largest absolute Gasteiger partial charge is 0.358 e. The predicted molar refractivity (Wildman–Crippen MR) is 71.9 cm³/mol. The third kappa shape index (κ3) is 1.74. The molecule has 2 heterocycles. The van der Waals surface area contributed by atoms with Gasteiger partial charge >= 0.3 is 0 Å².